The van der Waals surface area contributed by atoms with Crippen LogP contribution in [0.4, 0.5) is 11.4 Å². The summed E-state index contributed by atoms with van der Waals surface area (Å²) in [5.74, 6) is 0. The molecule has 0 aromatic heterocycles. The van der Waals surface area contributed by atoms with Crippen molar-refractivity contribution in [1.29, 1.82) is 0 Å². The number of sulfonamides is 1. The van der Waals surface area contributed by atoms with Crippen LogP contribution in [0.3, 0.4) is 0 Å². The summed E-state index contributed by atoms with van der Waals surface area (Å²) in [6, 6.07) is 9.30. The molecular formula is C13H12Cl2N2O2S. The van der Waals surface area contributed by atoms with E-state index in [1.54, 1.807) is 12.1 Å². The molecule has 20 heavy (non-hydrogen) atoms. The molecule has 0 aliphatic heterocycles. The Labute approximate surface area is 127 Å². The standard InChI is InChI=1S/C13H12Cl2N2O2S/c1-8-2-4-10(5-3-8)20(18,19)17-13-11(15)6-9(14)7-12(13)16/h2-7,17H,16H2,1H3. The summed E-state index contributed by atoms with van der Waals surface area (Å²) >= 11 is 11.7. The molecule has 7 heteroatoms. The summed E-state index contributed by atoms with van der Waals surface area (Å²) in [6.45, 7) is 1.87. The van der Waals surface area contributed by atoms with Crippen LogP contribution >= 0.6 is 23.2 Å². The zero-order chi connectivity index (χ0) is 14.9. The molecule has 0 saturated carbocycles. The molecule has 4 nitrogen and oxygen atoms in total. The Morgan fingerprint density at radius 3 is 2.25 bits per heavy atom. The van der Waals surface area contributed by atoms with Crippen molar-refractivity contribution >= 4 is 44.6 Å². The van der Waals surface area contributed by atoms with Crippen molar-refractivity contribution in [1.82, 2.24) is 0 Å². The maximum absolute atomic E-state index is 12.2. The van der Waals surface area contributed by atoms with Gasteiger partial charge in [-0.3, -0.25) is 4.72 Å². The smallest absolute Gasteiger partial charge is 0.262 e. The maximum atomic E-state index is 12.2. The van der Waals surface area contributed by atoms with E-state index in [0.717, 1.165) is 5.56 Å². The van der Waals surface area contributed by atoms with Gasteiger partial charge in [0.1, 0.15) is 0 Å². The minimum Gasteiger partial charge on any atom is -0.397 e. The first kappa shape index (κ1) is 15.0. The Morgan fingerprint density at radius 1 is 1.10 bits per heavy atom. The number of nitrogen functional groups attached to an aromatic ring is 1. The summed E-state index contributed by atoms with van der Waals surface area (Å²) in [4.78, 5) is 0.133. The van der Waals surface area contributed by atoms with Gasteiger partial charge in [-0.2, -0.15) is 0 Å². The first-order valence-corrected chi connectivity index (χ1v) is 7.87. The van der Waals surface area contributed by atoms with Crippen molar-refractivity contribution in [2.45, 2.75) is 11.8 Å². The van der Waals surface area contributed by atoms with Crippen LogP contribution in [0.15, 0.2) is 41.3 Å². The van der Waals surface area contributed by atoms with Crippen molar-refractivity contribution in [2.24, 2.45) is 0 Å². The van der Waals surface area contributed by atoms with E-state index in [2.05, 4.69) is 4.72 Å². The lowest BCUT2D eigenvalue weighted by Gasteiger charge is -2.12. The molecular weight excluding hydrogens is 319 g/mol. The highest BCUT2D eigenvalue weighted by Crippen LogP contribution is 2.33. The number of halogens is 2. The monoisotopic (exact) mass is 330 g/mol. The molecule has 0 saturated heterocycles. The highest BCUT2D eigenvalue weighted by atomic mass is 35.5. The molecule has 0 fully saturated rings. The van der Waals surface area contributed by atoms with E-state index in [-0.39, 0.29) is 21.3 Å². The van der Waals surface area contributed by atoms with Gasteiger partial charge < -0.3 is 5.73 Å². The van der Waals surface area contributed by atoms with Crippen LogP contribution in [0.25, 0.3) is 0 Å². The highest BCUT2D eigenvalue weighted by Gasteiger charge is 2.17. The van der Waals surface area contributed by atoms with E-state index in [4.69, 9.17) is 28.9 Å². The molecule has 0 heterocycles. The lowest BCUT2D eigenvalue weighted by atomic mass is 10.2. The van der Waals surface area contributed by atoms with E-state index >= 15 is 0 Å². The van der Waals surface area contributed by atoms with Gasteiger partial charge in [-0.15, -0.1) is 0 Å². The number of hydrogen-bond acceptors (Lipinski definition) is 3. The largest absolute Gasteiger partial charge is 0.397 e. The highest BCUT2D eigenvalue weighted by molar-refractivity contribution is 7.92. The van der Waals surface area contributed by atoms with Crippen LogP contribution in [-0.4, -0.2) is 8.42 Å². The normalized spacial score (nSPS) is 11.3. The van der Waals surface area contributed by atoms with Crippen LogP contribution in [0.1, 0.15) is 5.56 Å². The second kappa shape index (κ2) is 5.52. The van der Waals surface area contributed by atoms with Crippen LogP contribution in [-0.2, 0) is 10.0 Å². The van der Waals surface area contributed by atoms with Gasteiger partial charge in [0.05, 0.1) is 21.3 Å². The number of hydrogen-bond donors (Lipinski definition) is 2. The number of aryl methyl sites for hydroxylation is 1. The molecule has 0 aliphatic carbocycles. The first-order chi connectivity index (χ1) is 9.29. The fourth-order valence-electron chi connectivity index (χ4n) is 1.61. The van der Waals surface area contributed by atoms with Crippen molar-refractivity contribution in [3.8, 4) is 0 Å². The lowest BCUT2D eigenvalue weighted by molar-refractivity contribution is 0.601. The van der Waals surface area contributed by atoms with Gasteiger partial charge in [0.15, 0.2) is 0 Å². The number of rotatable bonds is 3. The first-order valence-electron chi connectivity index (χ1n) is 5.63. The van der Waals surface area contributed by atoms with Crippen molar-refractivity contribution in [3.63, 3.8) is 0 Å². The van der Waals surface area contributed by atoms with Crippen molar-refractivity contribution in [3.05, 3.63) is 52.0 Å². The van der Waals surface area contributed by atoms with Gasteiger partial charge >= 0.3 is 0 Å². The van der Waals surface area contributed by atoms with Crippen molar-refractivity contribution < 1.29 is 8.42 Å². The molecule has 0 bridgehead atoms. The van der Waals surface area contributed by atoms with Gasteiger partial charge in [-0.1, -0.05) is 40.9 Å². The fourth-order valence-corrected chi connectivity index (χ4v) is 3.33. The molecule has 3 N–H and O–H groups in total. The fraction of sp³-hybridized carbons (Fsp3) is 0.0769. The quantitative estimate of drug-likeness (QED) is 0.843. The zero-order valence-corrected chi connectivity index (χ0v) is 12.9. The second-order valence-corrected chi connectivity index (χ2v) is 6.80. The summed E-state index contributed by atoms with van der Waals surface area (Å²) in [7, 11) is -3.75. The third-order valence-electron chi connectivity index (χ3n) is 2.65. The summed E-state index contributed by atoms with van der Waals surface area (Å²) in [6.07, 6.45) is 0. The predicted molar refractivity (Wildman–Crippen MR) is 82.9 cm³/mol. The van der Waals surface area contributed by atoms with Gasteiger partial charge in [0, 0.05) is 5.02 Å². The summed E-state index contributed by atoms with van der Waals surface area (Å²) in [5.41, 5.74) is 6.99. The molecule has 0 radical (unpaired) electrons. The van der Waals surface area contributed by atoms with Gasteiger partial charge in [0.25, 0.3) is 10.0 Å². The average molecular weight is 331 g/mol. The van der Waals surface area contributed by atoms with E-state index in [1.165, 1.54) is 24.3 Å². The Hall–Kier alpha value is -1.43. The Balaban J connectivity index is 2.41. The molecule has 0 amide bonds. The topological polar surface area (TPSA) is 72.2 Å². The van der Waals surface area contributed by atoms with Crippen LogP contribution in [0, 0.1) is 6.92 Å². The molecule has 106 valence electrons. The third kappa shape index (κ3) is 3.17. The predicted octanol–water partition coefficient (Wildman–Crippen LogP) is 3.68. The number of nitrogens with one attached hydrogen (secondary N) is 1. The molecule has 0 spiro atoms. The Morgan fingerprint density at radius 2 is 1.70 bits per heavy atom. The Bertz CT molecular complexity index is 720. The van der Waals surface area contributed by atoms with E-state index in [0.29, 0.717) is 5.02 Å². The van der Waals surface area contributed by atoms with Crippen LogP contribution in [0.2, 0.25) is 10.0 Å². The molecule has 2 aromatic rings. The van der Waals surface area contributed by atoms with Gasteiger partial charge in [-0.05, 0) is 31.2 Å². The number of nitrogens with two attached hydrogens (primary N) is 1. The molecule has 0 unspecified atom stereocenters. The van der Waals surface area contributed by atoms with Crippen LogP contribution < -0.4 is 10.5 Å². The summed E-state index contributed by atoms with van der Waals surface area (Å²) < 4.78 is 26.9. The number of benzene rings is 2. The van der Waals surface area contributed by atoms with Gasteiger partial charge in [0.2, 0.25) is 0 Å². The second-order valence-electron chi connectivity index (χ2n) is 4.27. The molecule has 0 aliphatic rings. The lowest BCUT2D eigenvalue weighted by Crippen LogP contribution is -2.14. The zero-order valence-electron chi connectivity index (χ0n) is 10.5. The molecule has 2 aromatic carbocycles. The number of anilines is 2. The summed E-state index contributed by atoms with van der Waals surface area (Å²) in [5, 5.41) is 0.483. The van der Waals surface area contributed by atoms with E-state index in [1.807, 2.05) is 6.92 Å². The van der Waals surface area contributed by atoms with E-state index < -0.39 is 10.0 Å². The van der Waals surface area contributed by atoms with Gasteiger partial charge in [-0.25, -0.2) is 8.42 Å². The third-order valence-corrected chi connectivity index (χ3v) is 4.54. The van der Waals surface area contributed by atoms with E-state index in [9.17, 15) is 8.42 Å². The maximum Gasteiger partial charge on any atom is 0.262 e. The van der Waals surface area contributed by atoms with Crippen LogP contribution in [0.5, 0.6) is 0 Å². The molecule has 0 atom stereocenters. The SMILES string of the molecule is Cc1ccc(S(=O)(=O)Nc2c(N)cc(Cl)cc2Cl)cc1. The average Bonchev–Trinajstić information content (AvgIpc) is 2.34. The molecule has 2 rings (SSSR count). The van der Waals surface area contributed by atoms with Crippen molar-refractivity contribution in [2.75, 3.05) is 10.5 Å². The minimum absolute atomic E-state index is 0.122. The Kier molecular flexibility index (Phi) is 4.13. The minimum atomic E-state index is -3.75.